The van der Waals surface area contributed by atoms with Gasteiger partial charge in [0.2, 0.25) is 0 Å². The lowest BCUT2D eigenvalue weighted by atomic mass is 10.2. The van der Waals surface area contributed by atoms with E-state index in [1.807, 2.05) is 6.07 Å². The van der Waals surface area contributed by atoms with Crippen LogP contribution in [-0.2, 0) is 5.88 Å². The standard InChI is InChI=1S/C10H7ClO2/c11-5-7-6-13-9-4-2-1-3-8(9)10(7)12/h1-4,6H,5H2. The maximum atomic E-state index is 11.6. The fourth-order valence-electron chi connectivity index (χ4n) is 1.21. The first-order chi connectivity index (χ1) is 6.33. The van der Waals surface area contributed by atoms with E-state index >= 15 is 0 Å². The van der Waals surface area contributed by atoms with Crippen LogP contribution in [0.25, 0.3) is 11.0 Å². The molecule has 1 heterocycles. The van der Waals surface area contributed by atoms with Crippen LogP contribution >= 0.6 is 11.6 Å². The van der Waals surface area contributed by atoms with Crippen LogP contribution < -0.4 is 5.43 Å². The Balaban J connectivity index is 2.87. The van der Waals surface area contributed by atoms with Gasteiger partial charge in [0, 0.05) is 0 Å². The van der Waals surface area contributed by atoms with E-state index in [4.69, 9.17) is 16.0 Å². The molecule has 2 nitrogen and oxygen atoms in total. The van der Waals surface area contributed by atoms with Crippen LogP contribution in [0.5, 0.6) is 0 Å². The molecule has 0 fully saturated rings. The maximum absolute atomic E-state index is 11.6. The monoisotopic (exact) mass is 194 g/mol. The molecule has 0 unspecified atom stereocenters. The SMILES string of the molecule is O=c1c(CCl)coc2ccccc12. The number of alkyl halides is 1. The number of halogens is 1. The van der Waals surface area contributed by atoms with Gasteiger partial charge in [-0.1, -0.05) is 12.1 Å². The lowest BCUT2D eigenvalue weighted by Crippen LogP contribution is -2.06. The van der Waals surface area contributed by atoms with Crippen molar-refractivity contribution in [1.29, 1.82) is 0 Å². The van der Waals surface area contributed by atoms with Crippen molar-refractivity contribution in [3.8, 4) is 0 Å². The molecule has 0 saturated heterocycles. The van der Waals surface area contributed by atoms with E-state index in [-0.39, 0.29) is 11.3 Å². The zero-order chi connectivity index (χ0) is 9.26. The summed E-state index contributed by atoms with van der Waals surface area (Å²) in [5.41, 5.74) is 1.05. The quantitative estimate of drug-likeness (QED) is 0.653. The van der Waals surface area contributed by atoms with Crippen LogP contribution in [0.15, 0.2) is 39.7 Å². The molecule has 0 saturated carbocycles. The van der Waals surface area contributed by atoms with Crippen LogP contribution in [0.3, 0.4) is 0 Å². The number of hydrogen-bond donors (Lipinski definition) is 0. The summed E-state index contributed by atoms with van der Waals surface area (Å²) < 4.78 is 5.23. The largest absolute Gasteiger partial charge is 0.464 e. The molecule has 66 valence electrons. The first kappa shape index (κ1) is 8.32. The number of rotatable bonds is 1. The van der Waals surface area contributed by atoms with Crippen LogP contribution in [0.1, 0.15) is 5.56 Å². The number of benzene rings is 1. The van der Waals surface area contributed by atoms with Crippen LogP contribution in [-0.4, -0.2) is 0 Å². The summed E-state index contributed by atoms with van der Waals surface area (Å²) in [6.45, 7) is 0. The molecule has 1 aromatic carbocycles. The minimum Gasteiger partial charge on any atom is -0.464 e. The maximum Gasteiger partial charge on any atom is 0.197 e. The minimum absolute atomic E-state index is 0.0446. The molecule has 0 atom stereocenters. The van der Waals surface area contributed by atoms with E-state index in [2.05, 4.69) is 0 Å². The lowest BCUT2D eigenvalue weighted by molar-refractivity contribution is 0.596. The Hall–Kier alpha value is -1.28. The molecule has 0 aliphatic rings. The predicted octanol–water partition coefficient (Wildman–Crippen LogP) is 2.53. The van der Waals surface area contributed by atoms with Gasteiger partial charge in [0.15, 0.2) is 5.43 Å². The highest BCUT2D eigenvalue weighted by Gasteiger charge is 2.03. The summed E-state index contributed by atoms with van der Waals surface area (Å²) in [7, 11) is 0. The second kappa shape index (κ2) is 3.23. The van der Waals surface area contributed by atoms with Gasteiger partial charge in [-0.3, -0.25) is 4.79 Å². The molecule has 0 spiro atoms. The Kier molecular flexibility index (Phi) is 2.07. The molecule has 13 heavy (non-hydrogen) atoms. The summed E-state index contributed by atoms with van der Waals surface area (Å²) >= 11 is 5.57. The molecule has 3 heteroatoms. The Morgan fingerprint density at radius 1 is 1.31 bits per heavy atom. The third-order valence-electron chi connectivity index (χ3n) is 1.90. The number of para-hydroxylation sites is 1. The first-order valence-electron chi connectivity index (χ1n) is 3.88. The second-order valence-corrected chi connectivity index (χ2v) is 2.99. The molecule has 0 N–H and O–H groups in total. The van der Waals surface area contributed by atoms with Crippen LogP contribution in [0, 0.1) is 0 Å². The summed E-state index contributed by atoms with van der Waals surface area (Å²) in [6, 6.07) is 7.12. The molecule has 0 bridgehead atoms. The predicted molar refractivity (Wildman–Crippen MR) is 52.0 cm³/mol. The summed E-state index contributed by atoms with van der Waals surface area (Å²) in [5.74, 6) is 0.188. The van der Waals surface area contributed by atoms with E-state index < -0.39 is 0 Å². The molecule has 0 amide bonds. The molecule has 0 aliphatic heterocycles. The highest BCUT2D eigenvalue weighted by atomic mass is 35.5. The summed E-state index contributed by atoms with van der Waals surface area (Å²) in [4.78, 5) is 11.6. The van der Waals surface area contributed by atoms with Crippen molar-refractivity contribution in [3.05, 3.63) is 46.3 Å². The van der Waals surface area contributed by atoms with Crippen molar-refractivity contribution in [1.82, 2.24) is 0 Å². The van der Waals surface area contributed by atoms with E-state index in [1.54, 1.807) is 18.2 Å². The Labute approximate surface area is 79.7 Å². The van der Waals surface area contributed by atoms with Gasteiger partial charge in [-0.05, 0) is 12.1 Å². The van der Waals surface area contributed by atoms with E-state index in [1.165, 1.54) is 6.26 Å². The van der Waals surface area contributed by atoms with Gasteiger partial charge in [-0.2, -0.15) is 0 Å². The molecule has 0 aliphatic carbocycles. The summed E-state index contributed by atoms with van der Waals surface area (Å²) in [6.07, 6.45) is 1.41. The number of hydrogen-bond acceptors (Lipinski definition) is 2. The van der Waals surface area contributed by atoms with Crippen molar-refractivity contribution < 1.29 is 4.42 Å². The van der Waals surface area contributed by atoms with Crippen LogP contribution in [0.2, 0.25) is 0 Å². The molecule has 2 rings (SSSR count). The van der Waals surface area contributed by atoms with Gasteiger partial charge in [0.25, 0.3) is 0 Å². The van der Waals surface area contributed by atoms with Gasteiger partial charge < -0.3 is 4.42 Å². The third kappa shape index (κ3) is 1.33. The van der Waals surface area contributed by atoms with Gasteiger partial charge in [-0.25, -0.2) is 0 Å². The topological polar surface area (TPSA) is 30.2 Å². The smallest absolute Gasteiger partial charge is 0.197 e. The molecule has 1 aromatic heterocycles. The minimum atomic E-state index is -0.0446. The molecule has 0 radical (unpaired) electrons. The average Bonchev–Trinajstić information content (AvgIpc) is 2.19. The van der Waals surface area contributed by atoms with Crippen molar-refractivity contribution >= 4 is 22.6 Å². The van der Waals surface area contributed by atoms with Gasteiger partial charge >= 0.3 is 0 Å². The van der Waals surface area contributed by atoms with E-state index in [0.29, 0.717) is 16.5 Å². The van der Waals surface area contributed by atoms with E-state index in [9.17, 15) is 4.79 Å². The Morgan fingerprint density at radius 2 is 2.08 bits per heavy atom. The molecular weight excluding hydrogens is 188 g/mol. The van der Waals surface area contributed by atoms with Gasteiger partial charge in [0.05, 0.1) is 23.1 Å². The fourth-order valence-corrected chi connectivity index (χ4v) is 1.39. The van der Waals surface area contributed by atoms with Gasteiger partial charge in [0.1, 0.15) is 5.58 Å². The molecule has 2 aromatic rings. The Bertz CT molecular complexity index is 487. The zero-order valence-electron chi connectivity index (χ0n) is 6.79. The lowest BCUT2D eigenvalue weighted by Gasteiger charge is -1.97. The normalized spacial score (nSPS) is 10.5. The average molecular weight is 195 g/mol. The zero-order valence-corrected chi connectivity index (χ0v) is 7.54. The number of fused-ring (bicyclic) bond motifs is 1. The van der Waals surface area contributed by atoms with Crippen molar-refractivity contribution in [2.24, 2.45) is 0 Å². The van der Waals surface area contributed by atoms with Crippen molar-refractivity contribution in [2.75, 3.05) is 0 Å². The van der Waals surface area contributed by atoms with Crippen molar-refractivity contribution in [3.63, 3.8) is 0 Å². The van der Waals surface area contributed by atoms with Crippen LogP contribution in [0.4, 0.5) is 0 Å². The fraction of sp³-hybridized carbons (Fsp3) is 0.100. The molecular formula is C10H7ClO2. The summed E-state index contributed by atoms with van der Waals surface area (Å²) in [5, 5.41) is 0.584. The highest BCUT2D eigenvalue weighted by Crippen LogP contribution is 2.10. The third-order valence-corrected chi connectivity index (χ3v) is 2.18. The Morgan fingerprint density at radius 3 is 2.85 bits per heavy atom. The highest BCUT2D eigenvalue weighted by molar-refractivity contribution is 6.17. The van der Waals surface area contributed by atoms with Crippen molar-refractivity contribution in [2.45, 2.75) is 5.88 Å². The first-order valence-corrected chi connectivity index (χ1v) is 4.42. The second-order valence-electron chi connectivity index (χ2n) is 2.72. The van der Waals surface area contributed by atoms with Gasteiger partial charge in [-0.15, -0.1) is 11.6 Å². The van der Waals surface area contributed by atoms with E-state index in [0.717, 1.165) is 0 Å².